The average molecular weight is 209 g/mol. The van der Waals surface area contributed by atoms with E-state index < -0.39 is 0 Å². The summed E-state index contributed by atoms with van der Waals surface area (Å²) in [6.07, 6.45) is 7.62. The zero-order valence-electron chi connectivity index (χ0n) is 8.98. The van der Waals surface area contributed by atoms with Crippen molar-refractivity contribution >= 4 is 5.84 Å². The first-order valence-electron chi connectivity index (χ1n) is 5.54. The maximum absolute atomic E-state index is 6.29. The van der Waals surface area contributed by atoms with Crippen molar-refractivity contribution in [2.45, 2.75) is 31.2 Å². The molecule has 2 heterocycles. The smallest absolute Gasteiger partial charge is 0.101 e. The zero-order valence-corrected chi connectivity index (χ0v) is 8.98. The molecule has 1 fully saturated rings. The quantitative estimate of drug-likeness (QED) is 0.705. The molecule has 15 heavy (non-hydrogen) atoms. The van der Waals surface area contributed by atoms with E-state index in [0.29, 0.717) is 18.2 Å². The minimum Gasteiger partial charge on any atom is -0.387 e. The van der Waals surface area contributed by atoms with Crippen LogP contribution in [0.2, 0.25) is 0 Å². The minimum absolute atomic E-state index is 0.284. The molecule has 4 N–H and O–H groups in total. The summed E-state index contributed by atoms with van der Waals surface area (Å²) in [5.41, 5.74) is 11.7. The van der Waals surface area contributed by atoms with Gasteiger partial charge in [-0.2, -0.15) is 0 Å². The molecule has 1 unspecified atom stereocenters. The van der Waals surface area contributed by atoms with Crippen molar-refractivity contribution in [3.8, 4) is 0 Å². The highest BCUT2D eigenvalue weighted by atomic mass is 16.5. The molecule has 1 saturated heterocycles. The number of aliphatic imine (C=N–C) groups is 1. The van der Waals surface area contributed by atoms with Crippen LogP contribution in [-0.2, 0) is 4.74 Å². The van der Waals surface area contributed by atoms with Crippen LogP contribution in [0.15, 0.2) is 17.3 Å². The predicted molar refractivity (Wildman–Crippen MR) is 60.5 cm³/mol. The number of rotatable bonds is 2. The van der Waals surface area contributed by atoms with Gasteiger partial charge in [-0.25, -0.2) is 4.99 Å². The molecule has 0 aliphatic carbocycles. The van der Waals surface area contributed by atoms with E-state index in [1.54, 1.807) is 6.20 Å². The molecule has 0 bridgehead atoms. The van der Waals surface area contributed by atoms with Crippen LogP contribution in [-0.4, -0.2) is 24.6 Å². The highest BCUT2D eigenvalue weighted by Crippen LogP contribution is 2.28. The van der Waals surface area contributed by atoms with Gasteiger partial charge < -0.3 is 16.2 Å². The van der Waals surface area contributed by atoms with Gasteiger partial charge in [-0.15, -0.1) is 0 Å². The summed E-state index contributed by atoms with van der Waals surface area (Å²) in [5, 5.41) is 0. The van der Waals surface area contributed by atoms with Gasteiger partial charge in [-0.05, 0) is 31.3 Å². The van der Waals surface area contributed by atoms with E-state index in [-0.39, 0.29) is 5.54 Å². The zero-order chi connectivity index (χ0) is 10.7. The lowest BCUT2D eigenvalue weighted by Gasteiger charge is -2.33. The van der Waals surface area contributed by atoms with Crippen molar-refractivity contribution in [2.24, 2.45) is 22.4 Å². The molecule has 0 aromatic carbocycles. The van der Waals surface area contributed by atoms with Crippen molar-refractivity contribution in [3.05, 3.63) is 12.3 Å². The van der Waals surface area contributed by atoms with Crippen LogP contribution >= 0.6 is 0 Å². The van der Waals surface area contributed by atoms with Crippen LogP contribution < -0.4 is 11.5 Å². The van der Waals surface area contributed by atoms with Crippen molar-refractivity contribution in [3.63, 3.8) is 0 Å². The molecule has 4 nitrogen and oxygen atoms in total. The highest BCUT2D eigenvalue weighted by Gasteiger charge is 2.29. The summed E-state index contributed by atoms with van der Waals surface area (Å²) in [6.45, 7) is 1.74. The van der Waals surface area contributed by atoms with E-state index in [2.05, 4.69) is 4.99 Å². The Morgan fingerprint density at radius 3 is 2.87 bits per heavy atom. The summed E-state index contributed by atoms with van der Waals surface area (Å²) >= 11 is 0. The second-order valence-electron chi connectivity index (χ2n) is 4.61. The summed E-state index contributed by atoms with van der Waals surface area (Å²) in [4.78, 5) is 4.03. The largest absolute Gasteiger partial charge is 0.387 e. The monoisotopic (exact) mass is 209 g/mol. The van der Waals surface area contributed by atoms with Gasteiger partial charge in [0.2, 0.25) is 0 Å². The molecule has 0 aromatic heterocycles. The third-order valence-electron chi connectivity index (χ3n) is 3.17. The molecule has 0 saturated carbocycles. The lowest BCUT2D eigenvalue weighted by atomic mass is 9.81. The SMILES string of the molecule is NC1=NC=CC(N)(CC2CCOCC2)C1. The Labute approximate surface area is 90.4 Å². The van der Waals surface area contributed by atoms with Crippen molar-refractivity contribution in [1.29, 1.82) is 0 Å². The van der Waals surface area contributed by atoms with Gasteiger partial charge in [0.1, 0.15) is 5.84 Å². The lowest BCUT2D eigenvalue weighted by molar-refractivity contribution is 0.0590. The van der Waals surface area contributed by atoms with Crippen LogP contribution in [0, 0.1) is 5.92 Å². The molecule has 1 atom stereocenters. The molecule has 2 aliphatic rings. The molecule has 2 rings (SSSR count). The normalized spacial score (nSPS) is 32.7. The Kier molecular flexibility index (Phi) is 3.07. The van der Waals surface area contributed by atoms with Gasteiger partial charge in [-0.1, -0.05) is 0 Å². The first-order chi connectivity index (χ1) is 7.18. The standard InChI is InChI=1S/C11H19N3O/c12-10-8-11(13,3-4-14-10)7-9-1-5-15-6-2-9/h3-4,9H,1-2,5-8,13H2,(H2,12,14). The Morgan fingerprint density at radius 2 is 2.20 bits per heavy atom. The lowest BCUT2D eigenvalue weighted by Crippen LogP contribution is -2.45. The van der Waals surface area contributed by atoms with Crippen LogP contribution in [0.4, 0.5) is 0 Å². The first-order valence-corrected chi connectivity index (χ1v) is 5.54. The molecule has 4 heteroatoms. The summed E-state index contributed by atoms with van der Waals surface area (Å²) in [7, 11) is 0. The van der Waals surface area contributed by atoms with Crippen molar-refractivity contribution in [1.82, 2.24) is 0 Å². The molecule has 0 aromatic rings. The Hall–Kier alpha value is -0.870. The third kappa shape index (κ3) is 2.79. The number of hydrogen-bond acceptors (Lipinski definition) is 4. The molecule has 0 radical (unpaired) electrons. The van der Waals surface area contributed by atoms with Crippen LogP contribution in [0.3, 0.4) is 0 Å². The average Bonchev–Trinajstić information content (AvgIpc) is 2.18. The van der Waals surface area contributed by atoms with E-state index in [1.165, 1.54) is 0 Å². The topological polar surface area (TPSA) is 73.6 Å². The van der Waals surface area contributed by atoms with Gasteiger partial charge in [0.05, 0.1) is 0 Å². The molecular weight excluding hydrogens is 190 g/mol. The highest BCUT2D eigenvalue weighted by molar-refractivity contribution is 5.83. The number of nitrogens with two attached hydrogens (primary N) is 2. The fraction of sp³-hybridized carbons (Fsp3) is 0.727. The molecule has 0 amide bonds. The van der Waals surface area contributed by atoms with E-state index in [4.69, 9.17) is 16.2 Å². The van der Waals surface area contributed by atoms with Crippen molar-refractivity contribution < 1.29 is 4.74 Å². The maximum atomic E-state index is 6.29. The van der Waals surface area contributed by atoms with Gasteiger partial charge >= 0.3 is 0 Å². The van der Waals surface area contributed by atoms with Gasteiger partial charge in [0.25, 0.3) is 0 Å². The summed E-state index contributed by atoms with van der Waals surface area (Å²) in [6, 6.07) is 0. The predicted octanol–water partition coefficient (Wildman–Crippen LogP) is 0.775. The number of nitrogens with zero attached hydrogens (tertiary/aromatic N) is 1. The summed E-state index contributed by atoms with van der Waals surface area (Å²) in [5.74, 6) is 1.31. The van der Waals surface area contributed by atoms with Crippen molar-refractivity contribution in [2.75, 3.05) is 13.2 Å². The van der Waals surface area contributed by atoms with E-state index in [1.807, 2.05) is 6.08 Å². The fourth-order valence-electron chi connectivity index (χ4n) is 2.35. The molecular formula is C11H19N3O. The molecule has 84 valence electrons. The Balaban J connectivity index is 1.92. The second-order valence-corrected chi connectivity index (χ2v) is 4.61. The van der Waals surface area contributed by atoms with Crippen LogP contribution in [0.25, 0.3) is 0 Å². The Morgan fingerprint density at radius 1 is 1.47 bits per heavy atom. The minimum atomic E-state index is -0.284. The number of hydrogen-bond donors (Lipinski definition) is 2. The van der Waals surface area contributed by atoms with Gasteiger partial charge in [0, 0.05) is 31.4 Å². The molecule has 0 spiro atoms. The van der Waals surface area contributed by atoms with E-state index in [9.17, 15) is 0 Å². The van der Waals surface area contributed by atoms with Gasteiger partial charge in [-0.3, -0.25) is 0 Å². The second kappa shape index (κ2) is 4.33. The van der Waals surface area contributed by atoms with Gasteiger partial charge in [0.15, 0.2) is 0 Å². The van der Waals surface area contributed by atoms with E-state index >= 15 is 0 Å². The fourth-order valence-corrected chi connectivity index (χ4v) is 2.35. The van der Waals surface area contributed by atoms with E-state index in [0.717, 1.165) is 32.5 Å². The summed E-state index contributed by atoms with van der Waals surface area (Å²) < 4.78 is 5.34. The Bertz CT molecular complexity index is 282. The van der Waals surface area contributed by atoms with Crippen LogP contribution in [0.1, 0.15) is 25.7 Å². The molecule has 2 aliphatic heterocycles. The number of ether oxygens (including phenoxy) is 1. The number of amidine groups is 1. The third-order valence-corrected chi connectivity index (χ3v) is 3.17. The first kappa shape index (κ1) is 10.6. The maximum Gasteiger partial charge on any atom is 0.101 e. The van der Waals surface area contributed by atoms with Crippen LogP contribution in [0.5, 0.6) is 0 Å².